The number of ether oxygens (including phenoxy) is 2. The van der Waals surface area contributed by atoms with Gasteiger partial charge in [-0.25, -0.2) is 0 Å². The highest BCUT2D eigenvalue weighted by molar-refractivity contribution is 14.2. The molecule has 112 valence electrons. The molecule has 0 N–H and O–H groups in total. The summed E-state index contributed by atoms with van der Waals surface area (Å²) in [5, 5.41) is 15.2. The van der Waals surface area contributed by atoms with E-state index in [1.54, 1.807) is 4.68 Å². The first-order valence-electron chi connectivity index (χ1n) is 6.14. The summed E-state index contributed by atoms with van der Waals surface area (Å²) in [6.07, 6.45) is 2.90. The summed E-state index contributed by atoms with van der Waals surface area (Å²) in [6, 6.07) is 0.0506. The van der Waals surface area contributed by atoms with Gasteiger partial charge in [0.05, 0.1) is 37.2 Å². The first-order valence-corrected chi connectivity index (χ1v) is 10.2. The van der Waals surface area contributed by atoms with Crippen LogP contribution in [0.3, 0.4) is 0 Å². The van der Waals surface area contributed by atoms with E-state index >= 15 is 0 Å². The van der Waals surface area contributed by atoms with Gasteiger partial charge >= 0.3 is 11.6 Å². The Kier molecular flexibility index (Phi) is 6.40. The quantitative estimate of drug-likeness (QED) is 0.213. The summed E-state index contributed by atoms with van der Waals surface area (Å²) in [6.45, 7) is 2.52. The summed E-state index contributed by atoms with van der Waals surface area (Å²) in [4.78, 5) is 10.5. The first-order chi connectivity index (χ1) is 9.72. The molecule has 0 radical (unpaired) electrons. The number of rotatable bonds is 8. The fourth-order valence-electron chi connectivity index (χ4n) is 1.85. The summed E-state index contributed by atoms with van der Waals surface area (Å²) < 4.78 is 17.4. The van der Waals surface area contributed by atoms with Crippen molar-refractivity contribution in [3.63, 3.8) is 0 Å². The molecule has 1 aliphatic rings. The van der Waals surface area contributed by atoms with Crippen molar-refractivity contribution in [2.75, 3.05) is 26.4 Å². The second-order valence-electron chi connectivity index (χ2n) is 4.20. The highest BCUT2D eigenvalue weighted by atomic mass is 127. The van der Waals surface area contributed by atoms with Gasteiger partial charge in [0.15, 0.2) is 0 Å². The van der Waals surface area contributed by atoms with Gasteiger partial charge in [-0.3, -0.25) is 14.8 Å². The first kappa shape index (κ1) is 15.9. The van der Waals surface area contributed by atoms with Crippen LogP contribution in [0.5, 0.6) is 5.88 Å². The van der Waals surface area contributed by atoms with E-state index in [0.717, 1.165) is 6.42 Å². The number of nitrogens with zero attached hydrogens (tertiary/aromatic N) is 3. The van der Waals surface area contributed by atoms with Crippen molar-refractivity contribution in [3.05, 3.63) is 16.3 Å². The molecule has 2 unspecified atom stereocenters. The smallest absolute Gasteiger partial charge is 0.350 e. The van der Waals surface area contributed by atoms with E-state index in [0.29, 0.717) is 39.3 Å². The minimum Gasteiger partial charge on any atom is -0.472 e. The van der Waals surface area contributed by atoms with Crippen LogP contribution < -0.4 is 4.74 Å². The SMILES string of the molecule is O=[N+]([O-])c1cn(C2CCOC2)nc1OCCCOPI. The fraction of sp³-hybridized carbons (Fsp3) is 0.700. The molecule has 0 bridgehead atoms. The molecule has 0 aliphatic carbocycles. The summed E-state index contributed by atoms with van der Waals surface area (Å²) in [5.41, 5.74) is -0.103. The molecule has 2 atom stereocenters. The van der Waals surface area contributed by atoms with Crippen LogP contribution in [0.15, 0.2) is 6.20 Å². The lowest BCUT2D eigenvalue weighted by Crippen LogP contribution is -2.09. The van der Waals surface area contributed by atoms with Crippen molar-refractivity contribution in [2.45, 2.75) is 18.9 Å². The van der Waals surface area contributed by atoms with E-state index in [4.69, 9.17) is 14.0 Å². The molecular formula is C10H15IN3O5P. The van der Waals surface area contributed by atoms with E-state index < -0.39 is 4.92 Å². The standard InChI is InChI=1S/C10H15IN3O5P/c11-20-19-4-1-3-18-10-9(14(15)16)6-13(12-10)8-2-5-17-7-8/h6,8,20H,1-5,7H2. The normalized spacial score (nSPS) is 18.9. The predicted octanol–water partition coefficient (Wildman–Crippen LogP) is 2.48. The van der Waals surface area contributed by atoms with Crippen molar-refractivity contribution in [2.24, 2.45) is 0 Å². The van der Waals surface area contributed by atoms with Gasteiger partial charge in [-0.2, -0.15) is 0 Å². The Hall–Kier alpha value is -0.510. The number of hydrogen-bond acceptors (Lipinski definition) is 6. The van der Waals surface area contributed by atoms with E-state index in [1.807, 2.05) is 0 Å². The van der Waals surface area contributed by atoms with E-state index in [1.165, 1.54) is 6.20 Å². The maximum atomic E-state index is 11.0. The largest absolute Gasteiger partial charge is 0.472 e. The fourth-order valence-corrected chi connectivity index (χ4v) is 2.73. The topological polar surface area (TPSA) is 88.7 Å². The lowest BCUT2D eigenvalue weighted by molar-refractivity contribution is -0.386. The molecule has 1 aromatic heterocycles. The molecule has 1 saturated heterocycles. The minimum absolute atomic E-state index is 0.0506. The van der Waals surface area contributed by atoms with E-state index in [9.17, 15) is 10.1 Å². The molecule has 1 aliphatic heterocycles. The second kappa shape index (κ2) is 8.06. The summed E-state index contributed by atoms with van der Waals surface area (Å²) in [5.74, 6) is 0.0684. The van der Waals surface area contributed by atoms with Crippen LogP contribution in [-0.4, -0.2) is 41.1 Å². The van der Waals surface area contributed by atoms with Gasteiger partial charge in [-0.1, -0.05) is 0 Å². The third kappa shape index (κ3) is 4.24. The number of halogens is 1. The zero-order chi connectivity index (χ0) is 14.4. The van der Waals surface area contributed by atoms with Crippen LogP contribution in [0.2, 0.25) is 0 Å². The van der Waals surface area contributed by atoms with Gasteiger partial charge in [-0.05, 0) is 28.5 Å². The van der Waals surface area contributed by atoms with E-state index in [-0.39, 0.29) is 17.6 Å². The summed E-state index contributed by atoms with van der Waals surface area (Å²) in [7, 11) is 0. The predicted molar refractivity (Wildman–Crippen MR) is 81.8 cm³/mol. The lowest BCUT2D eigenvalue weighted by Gasteiger charge is -2.06. The molecule has 2 rings (SSSR count). The van der Waals surface area contributed by atoms with Crippen LogP contribution in [0, 0.1) is 10.1 Å². The Morgan fingerprint density at radius 3 is 3.15 bits per heavy atom. The number of aromatic nitrogens is 2. The molecule has 1 fully saturated rings. The van der Waals surface area contributed by atoms with Gasteiger partial charge < -0.3 is 14.0 Å². The molecule has 20 heavy (non-hydrogen) atoms. The highest BCUT2D eigenvalue weighted by Crippen LogP contribution is 2.29. The van der Waals surface area contributed by atoms with Crippen LogP contribution in [-0.2, 0) is 9.26 Å². The van der Waals surface area contributed by atoms with Gasteiger partial charge in [0.2, 0.25) is 0 Å². The van der Waals surface area contributed by atoms with Gasteiger partial charge in [0.25, 0.3) is 0 Å². The van der Waals surface area contributed by atoms with E-state index in [2.05, 4.69) is 27.1 Å². The van der Waals surface area contributed by atoms with Crippen LogP contribution in [0.25, 0.3) is 0 Å². The molecule has 0 amide bonds. The molecule has 0 aromatic carbocycles. The summed E-state index contributed by atoms with van der Waals surface area (Å²) >= 11 is 2.14. The molecule has 0 saturated carbocycles. The number of nitro groups is 1. The van der Waals surface area contributed by atoms with Crippen molar-refractivity contribution >= 4 is 34.2 Å². The zero-order valence-corrected chi connectivity index (χ0v) is 13.8. The van der Waals surface area contributed by atoms with Crippen molar-refractivity contribution in [3.8, 4) is 5.88 Å². The molecule has 10 heteroatoms. The molecule has 2 heterocycles. The van der Waals surface area contributed by atoms with Gasteiger partial charge in [-0.15, -0.1) is 5.10 Å². The molecular weight excluding hydrogens is 400 g/mol. The lowest BCUT2D eigenvalue weighted by atomic mass is 10.3. The van der Waals surface area contributed by atoms with Crippen molar-refractivity contribution < 1.29 is 18.9 Å². The van der Waals surface area contributed by atoms with Crippen LogP contribution >= 0.6 is 28.5 Å². The average molecular weight is 415 g/mol. The highest BCUT2D eigenvalue weighted by Gasteiger charge is 2.26. The molecule has 1 aromatic rings. The van der Waals surface area contributed by atoms with Crippen LogP contribution in [0.1, 0.15) is 18.9 Å². The monoisotopic (exact) mass is 415 g/mol. The molecule has 8 nitrogen and oxygen atoms in total. The Bertz CT molecular complexity index is 452. The zero-order valence-electron chi connectivity index (χ0n) is 10.7. The minimum atomic E-state index is -0.475. The maximum absolute atomic E-state index is 11.0. The third-order valence-corrected chi connectivity index (χ3v) is 4.09. The number of hydrogen-bond donors (Lipinski definition) is 0. The van der Waals surface area contributed by atoms with Gasteiger partial charge in [0.1, 0.15) is 6.20 Å². The van der Waals surface area contributed by atoms with Crippen molar-refractivity contribution in [1.82, 2.24) is 9.78 Å². The molecule has 0 spiro atoms. The van der Waals surface area contributed by atoms with Crippen LogP contribution in [0.4, 0.5) is 5.69 Å². The second-order valence-corrected chi connectivity index (χ2v) is 5.97. The average Bonchev–Trinajstić information content (AvgIpc) is 3.07. The van der Waals surface area contributed by atoms with Gasteiger partial charge in [0, 0.05) is 13.0 Å². The van der Waals surface area contributed by atoms with Crippen molar-refractivity contribution in [1.29, 1.82) is 0 Å². The Morgan fingerprint density at radius 2 is 2.50 bits per heavy atom. The Morgan fingerprint density at radius 1 is 1.65 bits per heavy atom. The third-order valence-electron chi connectivity index (χ3n) is 2.84. The Labute approximate surface area is 130 Å². The maximum Gasteiger partial charge on any atom is 0.350 e. The Balaban J connectivity index is 1.96.